The largest absolute Gasteiger partial charge is 0.355 e. The smallest absolute Gasteiger partial charge is 0.0765 e. The van der Waals surface area contributed by atoms with Crippen LogP contribution in [0.4, 0.5) is 0 Å². The van der Waals surface area contributed by atoms with Gasteiger partial charge in [0.05, 0.1) is 56.6 Å². The van der Waals surface area contributed by atoms with Crippen molar-refractivity contribution in [3.05, 3.63) is 240 Å². The molecule has 12 heteroatoms. The van der Waals surface area contributed by atoms with Crippen molar-refractivity contribution in [3.8, 4) is 19.5 Å². The van der Waals surface area contributed by atoms with Crippen molar-refractivity contribution in [2.24, 2.45) is 0 Å². The summed E-state index contributed by atoms with van der Waals surface area (Å²) < 4.78 is 0. The molecule has 14 heterocycles. The Morgan fingerprint density at radius 3 is 0.654 bits per heavy atom. The molecule has 10 aromatic rings. The molecular formula is C124H158N8S4. The van der Waals surface area contributed by atoms with Gasteiger partial charge >= 0.3 is 0 Å². The zero-order chi connectivity index (χ0) is 96.1. The van der Waals surface area contributed by atoms with Gasteiger partial charge in [0, 0.05) is 83.2 Å². The van der Waals surface area contributed by atoms with Gasteiger partial charge in [-0.1, -0.05) is 264 Å². The summed E-state index contributed by atoms with van der Waals surface area (Å²) in [5, 5.41) is 0. The van der Waals surface area contributed by atoms with E-state index in [2.05, 4.69) is 292 Å². The topological polar surface area (TPSA) is 115 Å². The number of allylic oxidation sites excluding steroid dienone is 14. The van der Waals surface area contributed by atoms with Gasteiger partial charge < -0.3 is 19.9 Å². The van der Waals surface area contributed by atoms with Gasteiger partial charge in [-0.25, -0.2) is 19.9 Å². The van der Waals surface area contributed by atoms with Crippen LogP contribution in [-0.2, 0) is 77.0 Å². The average molecular weight is 1890 g/mol. The third-order valence-corrected chi connectivity index (χ3v) is 34.0. The molecular weight excluding hydrogens is 1730 g/mol. The first kappa shape index (κ1) is 102. The number of nitrogens with zero attached hydrogens (tertiary/aromatic N) is 4. The van der Waals surface area contributed by atoms with E-state index in [4.69, 9.17) is 19.9 Å². The van der Waals surface area contributed by atoms with Gasteiger partial charge in [-0.05, 0) is 350 Å². The Bertz CT molecular complexity index is 6210. The van der Waals surface area contributed by atoms with Gasteiger partial charge in [0.1, 0.15) is 0 Å². The summed E-state index contributed by atoms with van der Waals surface area (Å²) in [7, 11) is 0. The van der Waals surface area contributed by atoms with E-state index < -0.39 is 0 Å². The van der Waals surface area contributed by atoms with Crippen molar-refractivity contribution < 1.29 is 0 Å². The number of hydrogen-bond donors (Lipinski definition) is 4. The lowest BCUT2D eigenvalue weighted by molar-refractivity contribution is 0.666. The third kappa shape index (κ3) is 22.3. The number of aryl methyl sites for hydroxylation is 12. The highest BCUT2D eigenvalue weighted by Gasteiger charge is 2.30. The fourth-order valence-electron chi connectivity index (χ4n) is 22.3. The molecule has 16 bridgehead atoms. The van der Waals surface area contributed by atoms with Crippen LogP contribution in [-0.4, -0.2) is 39.9 Å². The lowest BCUT2D eigenvalue weighted by atomic mass is 9.96. The van der Waals surface area contributed by atoms with E-state index in [1.165, 1.54) is 286 Å². The molecule has 0 atom stereocenters. The zero-order valence-corrected chi connectivity index (χ0v) is 89.8. The molecule has 0 amide bonds. The number of nitrogens with one attached hydrogen (secondary N) is 4. The first-order valence-corrected chi connectivity index (χ1v) is 56.9. The summed E-state index contributed by atoms with van der Waals surface area (Å²) in [6.07, 6.45) is 67.1. The van der Waals surface area contributed by atoms with Gasteiger partial charge in [0.2, 0.25) is 0 Å². The van der Waals surface area contributed by atoms with Gasteiger partial charge in [-0.2, -0.15) is 0 Å². The van der Waals surface area contributed by atoms with Crippen molar-refractivity contribution in [2.45, 2.75) is 370 Å². The van der Waals surface area contributed by atoms with Crippen LogP contribution in [0.1, 0.15) is 436 Å². The number of fused-ring (bicyclic) bond motifs is 16. The van der Waals surface area contributed by atoms with Gasteiger partial charge in [-0.15, -0.1) is 45.3 Å². The summed E-state index contributed by atoms with van der Waals surface area (Å²) in [5.41, 5.74) is 48.1. The Kier molecular flexibility index (Phi) is 37.1. The molecule has 0 fully saturated rings. The molecule has 0 radical (unpaired) electrons. The molecule has 0 saturated carbocycles. The van der Waals surface area contributed by atoms with Crippen molar-refractivity contribution in [1.82, 2.24) is 39.9 Å². The summed E-state index contributed by atoms with van der Waals surface area (Å²) in [6.45, 7) is 46.3. The number of aromatic nitrogens is 8. The molecule has 718 valence electrons. The molecule has 14 rings (SSSR count). The maximum Gasteiger partial charge on any atom is 0.0765 e. The Balaban J connectivity index is 0.816. The summed E-state index contributed by atoms with van der Waals surface area (Å²) in [6, 6.07) is 24.4. The Labute approximate surface area is 833 Å². The second-order valence-corrected chi connectivity index (χ2v) is 41.9. The lowest BCUT2D eigenvalue weighted by Crippen LogP contribution is -1.91. The van der Waals surface area contributed by atoms with E-state index in [0.29, 0.717) is 0 Å². The standard InChI is InChI=1S/C124H158N8S4/c1-21-41-45-49-59-79-69-83(133-121(79)123-81(61-51-47-43-23-3)71-85(135-123)65-55-57-67-103-117-99(37-17)95(33-13)113(129-117)75-109-91(29-9)87(25-5)105(125-109)73-106-88(26-6)92(30-10)110(126-106)76-114-96(34-14)100(38-18)118(103)130-114)63-53-54-64-84-70-80(60-50-46-42-22-2)122(134-84)124-82(62-52-48-44-24-4)72-86(136-124)66-56-58-68-104-119-101(39-19)97(35-15)115(131-119)77-111-93(31-11)89(27-7)107(127-111)74-108-90(28-8)94(32-12)112(128-108)78-116-98(36-16)102(40-20)120(104)132-116/h53-58,63-78,125,127,130,132H,21-52,59-62H2,1-20H3/b63-53+,64-54+,65-55+,66-56+,67-57+,68-58+,105-73?,106-73?,107-74?,108-74?,109-75?,110-76?,111-77?,112-78?,113-75?,114-76?,115-77?,116-78?,117-103?,118-103?,119-104?,120-104?. The molecule has 0 unspecified atom stereocenters. The molecule has 136 heavy (non-hydrogen) atoms. The Morgan fingerprint density at radius 2 is 0.426 bits per heavy atom. The van der Waals surface area contributed by atoms with E-state index in [1.807, 2.05) is 45.3 Å². The minimum absolute atomic E-state index is 0.890. The van der Waals surface area contributed by atoms with Crippen LogP contribution in [0.15, 0.2) is 97.1 Å². The van der Waals surface area contributed by atoms with E-state index in [1.54, 1.807) is 0 Å². The predicted molar refractivity (Wildman–Crippen MR) is 607 cm³/mol. The Morgan fingerprint density at radius 1 is 0.213 bits per heavy atom. The van der Waals surface area contributed by atoms with E-state index >= 15 is 0 Å². The number of rotatable bonds is 47. The minimum atomic E-state index is 0.890. The molecule has 0 aromatic carbocycles. The summed E-state index contributed by atoms with van der Waals surface area (Å²) in [5.74, 6) is 0. The van der Waals surface area contributed by atoms with E-state index in [9.17, 15) is 0 Å². The molecule has 10 aromatic heterocycles. The van der Waals surface area contributed by atoms with Crippen molar-refractivity contribution in [2.75, 3.05) is 0 Å². The Hall–Kier alpha value is -9.56. The highest BCUT2D eigenvalue weighted by Crippen LogP contribution is 2.49. The van der Waals surface area contributed by atoms with Crippen molar-refractivity contribution in [3.63, 3.8) is 0 Å². The molecule has 8 nitrogen and oxygen atoms in total. The fraction of sp³-hybridized carbons (Fsp3) is 0.452. The number of aromatic amines is 4. The van der Waals surface area contributed by atoms with Crippen LogP contribution < -0.4 is 0 Å². The van der Waals surface area contributed by atoms with Crippen LogP contribution in [0.5, 0.6) is 0 Å². The van der Waals surface area contributed by atoms with E-state index in [0.717, 1.165) is 196 Å². The van der Waals surface area contributed by atoms with Gasteiger partial charge in [0.25, 0.3) is 0 Å². The van der Waals surface area contributed by atoms with Crippen LogP contribution in [0.25, 0.3) is 145 Å². The van der Waals surface area contributed by atoms with Crippen molar-refractivity contribution >= 4 is 171 Å². The van der Waals surface area contributed by atoms with Crippen LogP contribution >= 0.6 is 45.3 Å². The fourth-order valence-corrected chi connectivity index (χ4v) is 27.2. The highest BCUT2D eigenvalue weighted by molar-refractivity contribution is 7.24. The maximum absolute atomic E-state index is 5.81. The molecule has 0 aliphatic carbocycles. The quantitative estimate of drug-likeness (QED) is 0.0225. The SMILES string of the molecule is CCCCCCc1cc(/C=C/C=C/c2cc(CCCCCC)c(-c3sc(/C=C/C=C/c4c5nc(cc6[nH]c(cc7nc(cc8[nH]c4c(CC)c8CC)C(CC)=C7CC)c(CC)c6CC)C(CC)=C5CC)cc3CCCCCC)s2)sc1-c1sc(/C=C/C=C/c2c3nc(cc4[nH]c(cc5nc(cc6[nH]c2c(CC)c6CC)C(CC)=C5CC)c(CC)c4CC)C(CC)=C3CC)cc1CCCCCC. The summed E-state index contributed by atoms with van der Waals surface area (Å²) in [4.78, 5) is 50.1. The highest BCUT2D eigenvalue weighted by atomic mass is 32.1. The molecule has 0 saturated heterocycles. The second-order valence-electron chi connectivity index (χ2n) is 37.6. The number of H-pyrrole nitrogens is 4. The molecule has 4 N–H and O–H groups in total. The average Bonchev–Trinajstić information content (AvgIpc) is 1.60. The molecule has 0 spiro atoms. The molecule has 4 aliphatic heterocycles. The second kappa shape index (κ2) is 49.3. The summed E-state index contributed by atoms with van der Waals surface area (Å²) >= 11 is 8.01. The van der Waals surface area contributed by atoms with Gasteiger partial charge in [-0.3, -0.25) is 0 Å². The number of unbranched alkanes of at least 4 members (excludes halogenated alkanes) is 12. The third-order valence-electron chi connectivity index (χ3n) is 29.1. The first-order valence-electron chi connectivity index (χ1n) is 53.6. The minimum Gasteiger partial charge on any atom is -0.355 e. The number of thiophene rings is 4. The van der Waals surface area contributed by atoms with Crippen LogP contribution in [0, 0.1) is 0 Å². The lowest BCUT2D eigenvalue weighted by Gasteiger charge is -2.07. The maximum atomic E-state index is 5.81. The monoisotopic (exact) mass is 1890 g/mol. The predicted octanol–water partition coefficient (Wildman–Crippen LogP) is 38.6. The molecule has 4 aliphatic rings. The zero-order valence-electron chi connectivity index (χ0n) is 86.6. The first-order chi connectivity index (χ1) is 66.6. The van der Waals surface area contributed by atoms with Crippen LogP contribution in [0.2, 0.25) is 0 Å². The van der Waals surface area contributed by atoms with Crippen LogP contribution in [0.3, 0.4) is 0 Å². The number of hydrogen-bond acceptors (Lipinski definition) is 8. The van der Waals surface area contributed by atoms with Gasteiger partial charge in [0.15, 0.2) is 0 Å². The normalized spacial score (nSPS) is 13.5. The van der Waals surface area contributed by atoms with Crippen molar-refractivity contribution in [1.29, 1.82) is 0 Å². The van der Waals surface area contributed by atoms with E-state index in [-0.39, 0.29) is 0 Å².